The van der Waals surface area contributed by atoms with Crippen LogP contribution in [-0.2, 0) is 12.8 Å². The summed E-state index contributed by atoms with van der Waals surface area (Å²) in [6, 6.07) is 19.8. The quantitative estimate of drug-likeness (QED) is 0.439. The van der Waals surface area contributed by atoms with Gasteiger partial charge in [0, 0.05) is 12.8 Å². The van der Waals surface area contributed by atoms with Crippen molar-refractivity contribution in [2.24, 2.45) is 7.05 Å². The summed E-state index contributed by atoms with van der Waals surface area (Å²) in [4.78, 5) is 0. The minimum atomic E-state index is 0.538. The van der Waals surface area contributed by atoms with Gasteiger partial charge in [-0.15, -0.1) is 10.2 Å². The van der Waals surface area contributed by atoms with E-state index in [2.05, 4.69) is 21.4 Å². The number of hydrogen-bond donors (Lipinski definition) is 0. The van der Waals surface area contributed by atoms with Crippen LogP contribution in [0.4, 0.5) is 0 Å². The lowest BCUT2D eigenvalue weighted by atomic mass is 10.2. The molecule has 4 rings (SSSR count). The highest BCUT2D eigenvalue weighted by atomic mass is 32.2. The molecule has 0 spiro atoms. The zero-order chi connectivity index (χ0) is 21.1. The highest BCUT2D eigenvalue weighted by Gasteiger charge is 2.19. The third-order valence-corrected chi connectivity index (χ3v) is 5.82. The van der Waals surface area contributed by atoms with Crippen molar-refractivity contribution in [3.8, 4) is 28.9 Å². The van der Waals surface area contributed by atoms with Gasteiger partial charge in [0.15, 0.2) is 11.0 Å². The number of methoxy groups -OCH3 is 1. The predicted molar refractivity (Wildman–Crippen MR) is 116 cm³/mol. The van der Waals surface area contributed by atoms with Gasteiger partial charge in [-0.2, -0.15) is 10.4 Å². The van der Waals surface area contributed by atoms with Crippen LogP contribution in [0.1, 0.15) is 17.0 Å². The van der Waals surface area contributed by atoms with E-state index in [9.17, 15) is 5.26 Å². The van der Waals surface area contributed by atoms with Crippen LogP contribution in [0.3, 0.4) is 0 Å². The molecular weight excluding hydrogens is 396 g/mol. The molecule has 7 nitrogen and oxygen atoms in total. The normalized spacial score (nSPS) is 10.7. The Morgan fingerprint density at radius 2 is 1.80 bits per heavy atom. The lowest BCUT2D eigenvalue weighted by molar-refractivity contribution is 0.416. The molecule has 0 bridgehead atoms. The van der Waals surface area contributed by atoms with Crippen molar-refractivity contribution in [2.75, 3.05) is 7.11 Å². The molecule has 0 radical (unpaired) electrons. The highest BCUT2D eigenvalue weighted by Crippen LogP contribution is 2.32. The van der Waals surface area contributed by atoms with E-state index in [0.717, 1.165) is 33.7 Å². The van der Waals surface area contributed by atoms with E-state index in [0.29, 0.717) is 17.0 Å². The lowest BCUT2D eigenvalue weighted by Crippen LogP contribution is -2.03. The number of hydrogen-bond acceptors (Lipinski definition) is 6. The SMILES string of the molecule is COc1ccccc1-c1nnc(SCc2c(C#N)c(C)nn2-c2ccccc2)n1C. The van der Waals surface area contributed by atoms with Gasteiger partial charge in [-0.3, -0.25) is 0 Å². The van der Waals surface area contributed by atoms with Crippen LogP contribution < -0.4 is 4.74 Å². The summed E-state index contributed by atoms with van der Waals surface area (Å²) in [5, 5.41) is 23.7. The van der Waals surface area contributed by atoms with Crippen LogP contribution in [0.15, 0.2) is 59.8 Å². The fourth-order valence-electron chi connectivity index (χ4n) is 3.27. The number of thioether (sulfide) groups is 1. The molecule has 30 heavy (non-hydrogen) atoms. The number of nitriles is 1. The standard InChI is InChI=1S/C22H20N6OS/c1-15-18(13-23)19(28(26-15)16-9-5-4-6-10-16)14-30-22-25-24-21(27(22)2)17-11-7-8-12-20(17)29-3/h4-12H,14H2,1-3H3. The molecule has 8 heteroatoms. The summed E-state index contributed by atoms with van der Waals surface area (Å²) < 4.78 is 9.22. The average Bonchev–Trinajstić information content (AvgIpc) is 3.31. The van der Waals surface area contributed by atoms with Crippen molar-refractivity contribution in [2.45, 2.75) is 17.8 Å². The van der Waals surface area contributed by atoms with Crippen LogP contribution in [-0.4, -0.2) is 31.7 Å². The number of rotatable bonds is 6. The van der Waals surface area contributed by atoms with Gasteiger partial charge in [0.2, 0.25) is 0 Å². The fraction of sp³-hybridized carbons (Fsp3) is 0.182. The summed E-state index contributed by atoms with van der Waals surface area (Å²) in [6.45, 7) is 1.86. The third kappa shape index (κ3) is 3.55. The van der Waals surface area contributed by atoms with Crippen LogP contribution >= 0.6 is 11.8 Å². The maximum absolute atomic E-state index is 9.66. The highest BCUT2D eigenvalue weighted by molar-refractivity contribution is 7.98. The van der Waals surface area contributed by atoms with Gasteiger partial charge >= 0.3 is 0 Å². The lowest BCUT2D eigenvalue weighted by Gasteiger charge is -2.09. The van der Waals surface area contributed by atoms with Crippen molar-refractivity contribution in [3.05, 3.63) is 71.5 Å². The largest absolute Gasteiger partial charge is 0.496 e. The van der Waals surface area contributed by atoms with Crippen LogP contribution in [0.2, 0.25) is 0 Å². The fourth-order valence-corrected chi connectivity index (χ4v) is 4.19. The molecule has 0 aliphatic rings. The minimum Gasteiger partial charge on any atom is -0.496 e. The van der Waals surface area contributed by atoms with E-state index in [1.165, 1.54) is 11.8 Å². The molecule has 0 aliphatic heterocycles. The van der Waals surface area contributed by atoms with Gasteiger partial charge in [0.1, 0.15) is 11.8 Å². The second kappa shape index (κ2) is 8.43. The first-order chi connectivity index (χ1) is 14.6. The molecule has 0 N–H and O–H groups in total. The van der Waals surface area contributed by atoms with Crippen molar-refractivity contribution >= 4 is 11.8 Å². The molecule has 2 heterocycles. The van der Waals surface area contributed by atoms with E-state index in [-0.39, 0.29) is 0 Å². The number of benzene rings is 2. The first kappa shape index (κ1) is 19.7. The zero-order valence-electron chi connectivity index (χ0n) is 16.9. The van der Waals surface area contributed by atoms with Crippen molar-refractivity contribution < 1.29 is 4.74 Å². The summed E-state index contributed by atoms with van der Waals surface area (Å²) in [5.74, 6) is 2.01. The van der Waals surface area contributed by atoms with Gasteiger partial charge in [0.05, 0.1) is 35.3 Å². The van der Waals surface area contributed by atoms with E-state index in [4.69, 9.17) is 4.74 Å². The van der Waals surface area contributed by atoms with Crippen molar-refractivity contribution in [1.82, 2.24) is 24.5 Å². The molecule has 0 saturated carbocycles. The van der Waals surface area contributed by atoms with E-state index in [1.54, 1.807) is 7.11 Å². The van der Waals surface area contributed by atoms with Crippen molar-refractivity contribution in [1.29, 1.82) is 5.26 Å². The Hall–Kier alpha value is -3.57. The van der Waals surface area contributed by atoms with Crippen LogP contribution in [0.25, 0.3) is 17.1 Å². The van der Waals surface area contributed by atoms with E-state index >= 15 is 0 Å². The molecular formula is C22H20N6OS. The third-order valence-electron chi connectivity index (χ3n) is 4.79. The maximum atomic E-state index is 9.66. The molecule has 0 atom stereocenters. The first-order valence-electron chi connectivity index (χ1n) is 9.33. The van der Waals surface area contributed by atoms with Crippen LogP contribution in [0, 0.1) is 18.3 Å². The molecule has 0 amide bonds. The van der Waals surface area contributed by atoms with Gasteiger partial charge < -0.3 is 9.30 Å². The molecule has 0 unspecified atom stereocenters. The molecule has 0 saturated heterocycles. The van der Waals surface area contributed by atoms with Gasteiger partial charge in [-0.1, -0.05) is 42.1 Å². The number of aromatic nitrogens is 5. The second-order valence-electron chi connectivity index (χ2n) is 6.62. The predicted octanol–water partition coefficient (Wildman–Crippen LogP) is 4.15. The molecule has 4 aromatic rings. The minimum absolute atomic E-state index is 0.538. The summed E-state index contributed by atoms with van der Waals surface area (Å²) >= 11 is 1.52. The van der Waals surface area contributed by atoms with Crippen molar-refractivity contribution in [3.63, 3.8) is 0 Å². The number of para-hydroxylation sites is 2. The monoisotopic (exact) mass is 416 g/mol. The van der Waals surface area contributed by atoms with Gasteiger partial charge in [-0.25, -0.2) is 4.68 Å². The first-order valence-corrected chi connectivity index (χ1v) is 10.3. The van der Waals surface area contributed by atoms with Gasteiger partial charge in [0.25, 0.3) is 0 Å². The Kier molecular flexibility index (Phi) is 5.55. The molecule has 150 valence electrons. The summed E-state index contributed by atoms with van der Waals surface area (Å²) in [5.41, 5.74) is 3.95. The van der Waals surface area contributed by atoms with E-state index in [1.807, 2.05) is 77.8 Å². The maximum Gasteiger partial charge on any atom is 0.191 e. The Morgan fingerprint density at radius 1 is 1.07 bits per heavy atom. The van der Waals surface area contributed by atoms with E-state index < -0.39 is 0 Å². The second-order valence-corrected chi connectivity index (χ2v) is 7.56. The summed E-state index contributed by atoms with van der Waals surface area (Å²) in [6.07, 6.45) is 0. The number of aryl methyl sites for hydroxylation is 1. The van der Waals surface area contributed by atoms with Crippen LogP contribution in [0.5, 0.6) is 5.75 Å². The molecule has 0 aliphatic carbocycles. The smallest absolute Gasteiger partial charge is 0.191 e. The Morgan fingerprint density at radius 3 is 2.53 bits per heavy atom. The van der Waals surface area contributed by atoms with Gasteiger partial charge in [-0.05, 0) is 31.2 Å². The molecule has 0 fully saturated rings. The number of nitrogens with zero attached hydrogens (tertiary/aromatic N) is 6. The topological polar surface area (TPSA) is 81.6 Å². The number of ether oxygens (including phenoxy) is 1. The molecule has 2 aromatic heterocycles. The Balaban J connectivity index is 1.66. The molecule has 2 aromatic carbocycles. The average molecular weight is 417 g/mol. The zero-order valence-corrected chi connectivity index (χ0v) is 17.7. The Bertz CT molecular complexity index is 1220. The summed E-state index contributed by atoms with van der Waals surface area (Å²) in [7, 11) is 3.57. The Labute approximate surface area is 178 Å².